The average molecular weight is 246 g/mol. The monoisotopic (exact) mass is 245 g/mol. The number of nitrogens with zero attached hydrogens (tertiary/aromatic N) is 1. The second-order valence-corrected chi connectivity index (χ2v) is 3.76. The molecular weight excluding hydrogens is 237 g/mol. The van der Waals surface area contributed by atoms with Crippen molar-refractivity contribution >= 4 is 53.8 Å². The Hall–Kier alpha value is 0.0100. The van der Waals surface area contributed by atoms with Crippen molar-refractivity contribution in [3.05, 3.63) is 47.7 Å². The zero-order chi connectivity index (χ0) is 9.97. The molecule has 1 aromatic heterocycles. The molecule has 1 heterocycles. The van der Waals surface area contributed by atoms with Gasteiger partial charge in [0.25, 0.3) is 0 Å². The summed E-state index contributed by atoms with van der Waals surface area (Å²) in [6, 6.07) is 9.73. The summed E-state index contributed by atoms with van der Waals surface area (Å²) in [7, 11) is 0. The van der Waals surface area contributed by atoms with Crippen LogP contribution in [0.25, 0.3) is 11.1 Å². The van der Waals surface area contributed by atoms with Gasteiger partial charge >= 0.3 is 29.6 Å². The summed E-state index contributed by atoms with van der Waals surface area (Å²) < 4.78 is 0. The Morgan fingerprint density at radius 1 is 1.07 bits per heavy atom. The van der Waals surface area contributed by atoms with Gasteiger partial charge < -0.3 is 0 Å². The van der Waals surface area contributed by atoms with Gasteiger partial charge in [-0.1, -0.05) is 29.8 Å². The molecule has 2 rings (SSSR count). The molecular formula is C11H9ClNNaS. The number of pyridine rings is 1. The molecule has 1 aromatic carbocycles. The zero-order valence-corrected chi connectivity index (χ0v) is 8.96. The minimum atomic E-state index is 0. The summed E-state index contributed by atoms with van der Waals surface area (Å²) in [5.74, 6) is 0. The van der Waals surface area contributed by atoms with E-state index in [1.165, 1.54) is 0 Å². The van der Waals surface area contributed by atoms with Crippen molar-refractivity contribution in [3.8, 4) is 11.1 Å². The van der Waals surface area contributed by atoms with Gasteiger partial charge in [-0.05, 0) is 17.7 Å². The molecule has 0 atom stereocenters. The van der Waals surface area contributed by atoms with E-state index in [1.54, 1.807) is 12.4 Å². The summed E-state index contributed by atoms with van der Waals surface area (Å²) >= 11 is 10.4. The van der Waals surface area contributed by atoms with Crippen molar-refractivity contribution in [2.24, 2.45) is 0 Å². The molecule has 0 unspecified atom stereocenters. The van der Waals surface area contributed by atoms with E-state index >= 15 is 0 Å². The van der Waals surface area contributed by atoms with E-state index in [0.29, 0.717) is 5.02 Å². The number of benzene rings is 1. The van der Waals surface area contributed by atoms with Gasteiger partial charge in [0.1, 0.15) is 0 Å². The Balaban J connectivity index is 0.00000112. The first-order chi connectivity index (χ1) is 6.79. The van der Waals surface area contributed by atoms with Gasteiger partial charge in [0, 0.05) is 22.9 Å². The van der Waals surface area contributed by atoms with E-state index in [-0.39, 0.29) is 29.6 Å². The Bertz CT molecular complexity index is 418. The predicted molar refractivity (Wildman–Crippen MR) is 69.1 cm³/mol. The summed E-state index contributed by atoms with van der Waals surface area (Å²) in [5.41, 5.74) is 2.00. The Morgan fingerprint density at radius 2 is 1.80 bits per heavy atom. The number of rotatable bonds is 1. The number of hydrogen-bond acceptors (Lipinski definition) is 2. The predicted octanol–water partition coefficient (Wildman–Crippen LogP) is 3.04. The maximum atomic E-state index is 6.03. The van der Waals surface area contributed by atoms with E-state index in [0.717, 1.165) is 16.0 Å². The number of aromatic nitrogens is 1. The summed E-state index contributed by atoms with van der Waals surface area (Å²) in [6.07, 6.45) is 3.36. The summed E-state index contributed by atoms with van der Waals surface area (Å²) in [6.45, 7) is 0. The third-order valence-corrected chi connectivity index (χ3v) is 2.66. The maximum absolute atomic E-state index is 6.03. The van der Waals surface area contributed by atoms with Gasteiger partial charge in [-0.25, -0.2) is 0 Å². The molecule has 0 spiro atoms. The van der Waals surface area contributed by atoms with Gasteiger partial charge in [0.15, 0.2) is 0 Å². The number of halogens is 1. The molecule has 0 saturated heterocycles. The molecule has 0 aliphatic heterocycles. The van der Waals surface area contributed by atoms with Gasteiger partial charge in [0.05, 0.1) is 5.02 Å². The van der Waals surface area contributed by atoms with Crippen LogP contribution in [0.15, 0.2) is 47.6 Å². The molecule has 1 nitrogen and oxygen atoms in total. The number of hydrogen-bond donors (Lipinski definition) is 1. The van der Waals surface area contributed by atoms with Gasteiger partial charge in [-0.15, -0.1) is 12.6 Å². The topological polar surface area (TPSA) is 12.9 Å². The van der Waals surface area contributed by atoms with Crippen molar-refractivity contribution < 1.29 is 0 Å². The van der Waals surface area contributed by atoms with Crippen LogP contribution in [0.4, 0.5) is 0 Å². The van der Waals surface area contributed by atoms with Gasteiger partial charge in [-0.3, -0.25) is 4.98 Å². The van der Waals surface area contributed by atoms with Crippen molar-refractivity contribution in [2.75, 3.05) is 0 Å². The quantitative estimate of drug-likeness (QED) is 0.602. The summed E-state index contributed by atoms with van der Waals surface area (Å²) in [4.78, 5) is 4.86. The van der Waals surface area contributed by atoms with Crippen LogP contribution < -0.4 is 0 Å². The van der Waals surface area contributed by atoms with E-state index < -0.39 is 0 Å². The zero-order valence-electron chi connectivity index (χ0n) is 7.31. The van der Waals surface area contributed by atoms with Gasteiger partial charge in [0.2, 0.25) is 0 Å². The first kappa shape index (κ1) is 13.1. The molecule has 0 fully saturated rings. The van der Waals surface area contributed by atoms with Crippen LogP contribution in [0.2, 0.25) is 5.02 Å². The van der Waals surface area contributed by atoms with Crippen LogP contribution >= 0.6 is 24.2 Å². The molecule has 4 heteroatoms. The molecule has 0 N–H and O–H groups in total. The van der Waals surface area contributed by atoms with E-state index in [9.17, 15) is 0 Å². The Morgan fingerprint density at radius 3 is 2.47 bits per heavy atom. The standard InChI is InChI=1S/C11H8ClNS.Na.H/c12-10-7-13-6-5-8(10)9-3-1-2-4-11(9)14;;/h1-7,14H;;. The van der Waals surface area contributed by atoms with Gasteiger partial charge in [-0.2, -0.15) is 0 Å². The van der Waals surface area contributed by atoms with Crippen molar-refractivity contribution in [2.45, 2.75) is 4.90 Å². The van der Waals surface area contributed by atoms with Crippen LogP contribution in [0.1, 0.15) is 0 Å². The second kappa shape index (κ2) is 5.92. The molecule has 2 aromatic rings. The molecule has 15 heavy (non-hydrogen) atoms. The number of thiol groups is 1. The summed E-state index contributed by atoms with van der Waals surface area (Å²) in [5, 5.41) is 0.647. The first-order valence-electron chi connectivity index (χ1n) is 4.17. The molecule has 0 radical (unpaired) electrons. The molecule has 0 aliphatic rings. The van der Waals surface area contributed by atoms with Crippen LogP contribution in [-0.2, 0) is 0 Å². The minimum absolute atomic E-state index is 0. The SMILES string of the molecule is Sc1ccccc1-c1ccncc1Cl.[NaH]. The van der Waals surface area contributed by atoms with E-state index in [1.807, 2.05) is 30.3 Å². The van der Waals surface area contributed by atoms with Crippen molar-refractivity contribution in [1.82, 2.24) is 4.98 Å². The molecule has 72 valence electrons. The van der Waals surface area contributed by atoms with Crippen molar-refractivity contribution in [3.63, 3.8) is 0 Å². The van der Waals surface area contributed by atoms with Crippen LogP contribution in [0.5, 0.6) is 0 Å². The molecule has 0 bridgehead atoms. The third-order valence-electron chi connectivity index (χ3n) is 1.97. The molecule has 0 amide bonds. The van der Waals surface area contributed by atoms with E-state index in [4.69, 9.17) is 11.6 Å². The van der Waals surface area contributed by atoms with E-state index in [2.05, 4.69) is 17.6 Å². The van der Waals surface area contributed by atoms with Crippen molar-refractivity contribution in [1.29, 1.82) is 0 Å². The fourth-order valence-corrected chi connectivity index (χ4v) is 1.80. The third kappa shape index (κ3) is 2.99. The first-order valence-corrected chi connectivity index (χ1v) is 4.99. The second-order valence-electron chi connectivity index (χ2n) is 2.87. The molecule has 0 aliphatic carbocycles. The average Bonchev–Trinajstić information content (AvgIpc) is 2.20. The fourth-order valence-electron chi connectivity index (χ4n) is 1.30. The Labute approximate surface area is 122 Å². The van der Waals surface area contributed by atoms with Crippen LogP contribution in [0.3, 0.4) is 0 Å². The Kier molecular flexibility index (Phi) is 5.16. The fraction of sp³-hybridized carbons (Fsp3) is 0. The normalized spacial score (nSPS) is 9.47. The van der Waals surface area contributed by atoms with Crippen LogP contribution in [0, 0.1) is 0 Å². The molecule has 0 saturated carbocycles. The van der Waals surface area contributed by atoms with Crippen LogP contribution in [-0.4, -0.2) is 34.5 Å².